The Morgan fingerprint density at radius 2 is 2.24 bits per heavy atom. The van der Waals surface area contributed by atoms with Crippen molar-refractivity contribution in [1.82, 2.24) is 4.98 Å². The molecule has 2 atom stereocenters. The van der Waals surface area contributed by atoms with Gasteiger partial charge in [-0.3, -0.25) is 0 Å². The van der Waals surface area contributed by atoms with Crippen LogP contribution in [-0.2, 0) is 4.79 Å². The molecule has 0 fully saturated rings. The van der Waals surface area contributed by atoms with Crippen LogP contribution in [0.1, 0.15) is 18.4 Å². The number of carboxylic acid groups (broad SMARTS) is 1. The fraction of sp³-hybridized carbons (Fsp3) is 0.250. The molecule has 3 rings (SSSR count). The van der Waals surface area contributed by atoms with Gasteiger partial charge in [-0.25, -0.2) is 0 Å². The minimum Gasteiger partial charge on any atom is -0.549 e. The maximum Gasteiger partial charge on any atom is 1.00 e. The third kappa shape index (κ3) is 1.93. The number of nitrogens with one attached hydrogen (secondary N) is 1. The van der Waals surface area contributed by atoms with Gasteiger partial charge in [-0.05, 0) is 17.7 Å². The Morgan fingerprint density at radius 1 is 1.47 bits per heavy atom. The van der Waals surface area contributed by atoms with Gasteiger partial charge in [0.05, 0.1) is 11.2 Å². The van der Waals surface area contributed by atoms with Crippen LogP contribution in [0.3, 0.4) is 0 Å². The second-order valence-electron chi connectivity index (χ2n) is 4.07. The molecule has 0 aliphatic carbocycles. The van der Waals surface area contributed by atoms with Crippen molar-refractivity contribution in [3.05, 3.63) is 30.0 Å². The Morgan fingerprint density at radius 3 is 2.94 bits per heavy atom. The third-order valence-electron chi connectivity index (χ3n) is 3.13. The molecule has 82 valence electrons. The summed E-state index contributed by atoms with van der Waals surface area (Å²) in [6, 6.07) is 5.91. The van der Waals surface area contributed by atoms with Gasteiger partial charge in [0.2, 0.25) is 0 Å². The van der Waals surface area contributed by atoms with Crippen LogP contribution in [-0.4, -0.2) is 16.2 Å². The van der Waals surface area contributed by atoms with Gasteiger partial charge in [0.1, 0.15) is 0 Å². The van der Waals surface area contributed by atoms with Crippen molar-refractivity contribution in [3.63, 3.8) is 0 Å². The monoisotopic (exact) mass is 255 g/mol. The Hall–Kier alpha value is -0.420. The van der Waals surface area contributed by atoms with E-state index >= 15 is 0 Å². The van der Waals surface area contributed by atoms with Gasteiger partial charge >= 0.3 is 29.6 Å². The Balaban J connectivity index is 0.00000108. The van der Waals surface area contributed by atoms with E-state index in [2.05, 4.69) is 4.98 Å². The summed E-state index contributed by atoms with van der Waals surface area (Å²) < 4.78 is 0. The number of aromatic nitrogens is 1. The number of H-pyrrole nitrogens is 1. The van der Waals surface area contributed by atoms with Gasteiger partial charge in [0, 0.05) is 27.9 Å². The van der Waals surface area contributed by atoms with Crippen LogP contribution in [0.4, 0.5) is 0 Å². The molecule has 1 N–H and O–H groups in total. The van der Waals surface area contributed by atoms with Crippen molar-refractivity contribution in [2.24, 2.45) is 0 Å². The van der Waals surface area contributed by atoms with E-state index in [-0.39, 0.29) is 35.5 Å². The van der Waals surface area contributed by atoms with Gasteiger partial charge in [-0.2, -0.15) is 0 Å². The van der Waals surface area contributed by atoms with Crippen molar-refractivity contribution in [3.8, 4) is 0 Å². The largest absolute Gasteiger partial charge is 1.00 e. The smallest absolute Gasteiger partial charge is 0.549 e. The summed E-state index contributed by atoms with van der Waals surface area (Å²) in [7, 11) is 0. The fourth-order valence-electron chi connectivity index (χ4n) is 2.29. The van der Waals surface area contributed by atoms with Crippen molar-refractivity contribution in [2.45, 2.75) is 23.0 Å². The molecular weight excluding hydrogens is 245 g/mol. The molecule has 0 bridgehead atoms. The van der Waals surface area contributed by atoms with Crippen LogP contribution in [0, 0.1) is 0 Å². The molecule has 2 aromatic rings. The fourth-order valence-corrected chi connectivity index (χ4v) is 3.51. The van der Waals surface area contributed by atoms with Crippen molar-refractivity contribution >= 4 is 28.6 Å². The van der Waals surface area contributed by atoms with Crippen LogP contribution in [0.2, 0.25) is 0 Å². The van der Waals surface area contributed by atoms with Gasteiger partial charge in [-0.15, -0.1) is 11.8 Å². The minimum atomic E-state index is -0.985. The number of hydrogen-bond donors (Lipinski definition) is 1. The number of hydrogen-bond acceptors (Lipinski definition) is 3. The van der Waals surface area contributed by atoms with E-state index in [4.69, 9.17) is 0 Å². The molecule has 3 nitrogen and oxygen atoms in total. The predicted molar refractivity (Wildman–Crippen MR) is 61.4 cm³/mol. The molecule has 1 aliphatic rings. The van der Waals surface area contributed by atoms with Crippen LogP contribution < -0.4 is 34.7 Å². The summed E-state index contributed by atoms with van der Waals surface area (Å²) in [5.74, 6) is -1.000. The number of benzene rings is 1. The van der Waals surface area contributed by atoms with Crippen LogP contribution >= 0.6 is 11.8 Å². The van der Waals surface area contributed by atoms with Crippen LogP contribution in [0.15, 0.2) is 29.3 Å². The normalized spacial score (nSPS) is 22.2. The second kappa shape index (κ2) is 4.69. The van der Waals surface area contributed by atoms with Gasteiger partial charge < -0.3 is 14.9 Å². The molecule has 1 aliphatic heterocycles. The molecular formula is C12H10NNaO2S. The first-order chi connectivity index (χ1) is 7.68. The number of aromatic amines is 1. The molecule has 0 saturated carbocycles. The maximum absolute atomic E-state index is 11.1. The molecule has 1 aromatic heterocycles. The number of carboxylic acids is 1. The van der Waals surface area contributed by atoms with Gasteiger partial charge in [0.25, 0.3) is 0 Å². The maximum atomic E-state index is 11.1. The summed E-state index contributed by atoms with van der Waals surface area (Å²) >= 11 is 1.39. The molecule has 0 unspecified atom stereocenters. The van der Waals surface area contributed by atoms with E-state index < -0.39 is 11.2 Å². The van der Waals surface area contributed by atoms with Crippen molar-refractivity contribution < 1.29 is 39.5 Å². The van der Waals surface area contributed by atoms with Crippen molar-refractivity contribution in [2.75, 3.05) is 0 Å². The van der Waals surface area contributed by atoms with Gasteiger partial charge in [0.15, 0.2) is 0 Å². The SMILES string of the molecule is C[C@H]1c2c[nH]c3cccc(c23)S[C@H]1C(=O)[O-].[Na+]. The molecule has 0 saturated heterocycles. The number of thioether (sulfide) groups is 1. The molecule has 0 spiro atoms. The Labute approximate surface area is 125 Å². The van der Waals surface area contributed by atoms with E-state index in [0.717, 1.165) is 21.4 Å². The third-order valence-corrected chi connectivity index (χ3v) is 4.58. The van der Waals surface area contributed by atoms with E-state index in [9.17, 15) is 9.90 Å². The first-order valence-corrected chi connectivity index (χ1v) is 6.04. The summed E-state index contributed by atoms with van der Waals surface area (Å²) in [6.45, 7) is 1.94. The summed E-state index contributed by atoms with van der Waals surface area (Å²) in [5.41, 5.74) is 2.15. The molecule has 0 amide bonds. The van der Waals surface area contributed by atoms with E-state index in [1.54, 1.807) is 0 Å². The zero-order chi connectivity index (χ0) is 11.3. The average Bonchev–Trinajstić information content (AvgIpc) is 2.68. The summed E-state index contributed by atoms with van der Waals surface area (Å²) in [5, 5.41) is 11.7. The quantitative estimate of drug-likeness (QED) is 0.631. The van der Waals surface area contributed by atoms with Crippen LogP contribution in [0.5, 0.6) is 0 Å². The number of rotatable bonds is 1. The van der Waals surface area contributed by atoms with E-state index in [1.165, 1.54) is 11.8 Å². The zero-order valence-corrected chi connectivity index (χ0v) is 12.5. The Kier molecular flexibility index (Phi) is 3.59. The van der Waals surface area contributed by atoms with Crippen LogP contribution in [0.25, 0.3) is 10.9 Å². The molecule has 0 radical (unpaired) electrons. The number of carbonyl (C=O) groups is 1. The molecule has 1 aromatic carbocycles. The Bertz CT molecular complexity index is 581. The summed E-state index contributed by atoms with van der Waals surface area (Å²) in [6.07, 6.45) is 1.91. The van der Waals surface area contributed by atoms with E-state index in [0.29, 0.717) is 0 Å². The summed E-state index contributed by atoms with van der Waals surface area (Å²) in [4.78, 5) is 15.3. The first kappa shape index (κ1) is 13.0. The standard InChI is InChI=1S/C12H11NO2S.Na/c1-6-7-5-13-8-3-2-4-9(10(7)8)16-11(6)12(14)15;/h2-6,11,13H,1H3,(H,14,15);/q;+1/p-1/t6-,11+;/m0./s1. The number of carbonyl (C=O) groups excluding carboxylic acids is 1. The first-order valence-electron chi connectivity index (χ1n) is 5.16. The minimum absolute atomic E-state index is 0. The topological polar surface area (TPSA) is 55.9 Å². The van der Waals surface area contributed by atoms with Gasteiger partial charge in [-0.1, -0.05) is 13.0 Å². The molecule has 17 heavy (non-hydrogen) atoms. The molecule has 2 heterocycles. The van der Waals surface area contributed by atoms with E-state index in [1.807, 2.05) is 31.3 Å². The zero-order valence-electron chi connectivity index (χ0n) is 9.69. The number of aliphatic carboxylic acids is 1. The van der Waals surface area contributed by atoms with Crippen molar-refractivity contribution in [1.29, 1.82) is 0 Å². The molecule has 5 heteroatoms. The second-order valence-corrected chi connectivity index (χ2v) is 5.25. The predicted octanol–water partition coefficient (Wildman–Crippen LogP) is -1.50. The average molecular weight is 255 g/mol.